The minimum atomic E-state index is -0.996. The van der Waals surface area contributed by atoms with Crippen molar-refractivity contribution >= 4 is 17.6 Å². The number of hydrogen-bond donors (Lipinski definition) is 2. The Labute approximate surface area is 91.1 Å². The fourth-order valence-corrected chi connectivity index (χ4v) is 1.32. The Morgan fingerprint density at radius 1 is 1.60 bits per heavy atom. The molecule has 0 heterocycles. The van der Waals surface area contributed by atoms with E-state index in [0.717, 1.165) is 12.1 Å². The van der Waals surface area contributed by atoms with Gasteiger partial charge < -0.3 is 10.2 Å². The first-order chi connectivity index (χ1) is 6.91. The normalized spacial score (nSPS) is 12.5. The van der Waals surface area contributed by atoms with Gasteiger partial charge in [0.1, 0.15) is 11.6 Å². The van der Waals surface area contributed by atoms with Crippen LogP contribution in [0.25, 0.3) is 0 Å². The molecule has 2 N–H and O–H groups in total. The lowest BCUT2D eigenvalue weighted by molar-refractivity contribution is -0.141. The predicted octanol–water partition coefficient (Wildman–Crippen LogP) is 2.45. The summed E-state index contributed by atoms with van der Waals surface area (Å²) in [6.07, 6.45) is 0.0647. The number of carboxylic acids is 1. The van der Waals surface area contributed by atoms with E-state index in [1.165, 1.54) is 6.92 Å². The molecule has 0 saturated carbocycles. The van der Waals surface area contributed by atoms with Crippen molar-refractivity contribution in [2.45, 2.75) is 13.3 Å². The maximum Gasteiger partial charge on any atom is 0.306 e. The van der Waals surface area contributed by atoms with E-state index in [4.69, 9.17) is 16.7 Å². The molecule has 15 heavy (non-hydrogen) atoms. The zero-order valence-electron chi connectivity index (χ0n) is 8.00. The van der Waals surface area contributed by atoms with Crippen molar-refractivity contribution < 1.29 is 19.4 Å². The molecule has 5 heteroatoms. The molecule has 0 spiro atoms. The second-order valence-corrected chi connectivity index (χ2v) is 3.75. The highest BCUT2D eigenvalue weighted by atomic mass is 35.5. The number of halogens is 2. The van der Waals surface area contributed by atoms with Gasteiger partial charge in [-0.1, -0.05) is 18.5 Å². The smallest absolute Gasteiger partial charge is 0.306 e. The highest BCUT2D eigenvalue weighted by molar-refractivity contribution is 6.30. The van der Waals surface area contributed by atoms with Crippen LogP contribution in [0.2, 0.25) is 5.02 Å². The third-order valence-corrected chi connectivity index (χ3v) is 2.36. The number of aliphatic carboxylic acids is 1. The summed E-state index contributed by atoms with van der Waals surface area (Å²) < 4.78 is 13.0. The van der Waals surface area contributed by atoms with Crippen LogP contribution in [0, 0.1) is 11.7 Å². The molecule has 0 aliphatic carbocycles. The summed E-state index contributed by atoms with van der Waals surface area (Å²) in [5, 5.41) is 17.9. The molecule has 0 aliphatic rings. The van der Waals surface area contributed by atoms with Gasteiger partial charge in [-0.2, -0.15) is 0 Å². The van der Waals surface area contributed by atoms with Crippen LogP contribution in [0.4, 0.5) is 4.39 Å². The number of benzene rings is 1. The average molecular weight is 233 g/mol. The Kier molecular flexibility index (Phi) is 3.52. The van der Waals surface area contributed by atoms with E-state index in [2.05, 4.69) is 0 Å². The second-order valence-electron chi connectivity index (χ2n) is 3.34. The SMILES string of the molecule is CC(Cc1cc(F)c(Cl)cc1O)C(=O)O. The highest BCUT2D eigenvalue weighted by Crippen LogP contribution is 2.27. The molecule has 0 bridgehead atoms. The minimum Gasteiger partial charge on any atom is -0.508 e. The van der Waals surface area contributed by atoms with Gasteiger partial charge in [-0.25, -0.2) is 4.39 Å². The molecule has 3 nitrogen and oxygen atoms in total. The number of hydrogen-bond acceptors (Lipinski definition) is 2. The predicted molar refractivity (Wildman–Crippen MR) is 53.6 cm³/mol. The molecular formula is C10H10ClFO3. The molecule has 1 unspecified atom stereocenters. The molecule has 1 aromatic carbocycles. The van der Waals surface area contributed by atoms with Gasteiger partial charge in [0.2, 0.25) is 0 Å². The maximum absolute atomic E-state index is 13.0. The van der Waals surface area contributed by atoms with Gasteiger partial charge in [0.15, 0.2) is 0 Å². The highest BCUT2D eigenvalue weighted by Gasteiger charge is 2.15. The Balaban J connectivity index is 2.95. The van der Waals surface area contributed by atoms with Gasteiger partial charge in [-0.05, 0) is 18.1 Å². The van der Waals surface area contributed by atoms with E-state index in [1.807, 2.05) is 0 Å². The monoisotopic (exact) mass is 232 g/mol. The maximum atomic E-state index is 13.0. The first-order valence-electron chi connectivity index (χ1n) is 4.31. The summed E-state index contributed by atoms with van der Waals surface area (Å²) in [5.41, 5.74) is 0.242. The lowest BCUT2D eigenvalue weighted by Crippen LogP contribution is -2.12. The Bertz CT molecular complexity index is 392. The molecule has 1 rings (SSSR count). The largest absolute Gasteiger partial charge is 0.508 e. The average Bonchev–Trinajstić information content (AvgIpc) is 2.13. The molecule has 82 valence electrons. The zero-order valence-corrected chi connectivity index (χ0v) is 8.75. The molecule has 1 aromatic rings. The van der Waals surface area contributed by atoms with Crippen molar-refractivity contribution in [3.05, 3.63) is 28.5 Å². The number of phenolic OH excluding ortho intramolecular Hbond substituents is 1. The van der Waals surface area contributed by atoms with Gasteiger partial charge in [0.25, 0.3) is 0 Å². The van der Waals surface area contributed by atoms with Gasteiger partial charge in [-0.3, -0.25) is 4.79 Å². The summed E-state index contributed by atoms with van der Waals surface area (Å²) in [6, 6.07) is 2.12. The molecule has 0 aliphatic heterocycles. The minimum absolute atomic E-state index is 0.0647. The van der Waals surface area contributed by atoms with Crippen LogP contribution in [0.3, 0.4) is 0 Å². The number of rotatable bonds is 3. The van der Waals surface area contributed by atoms with Crippen LogP contribution in [0.5, 0.6) is 5.75 Å². The Hall–Kier alpha value is -1.29. The van der Waals surface area contributed by atoms with Gasteiger partial charge in [-0.15, -0.1) is 0 Å². The van der Waals surface area contributed by atoms with Crippen molar-refractivity contribution in [3.63, 3.8) is 0 Å². The van der Waals surface area contributed by atoms with E-state index < -0.39 is 17.7 Å². The van der Waals surface area contributed by atoms with Crippen LogP contribution in [-0.4, -0.2) is 16.2 Å². The van der Waals surface area contributed by atoms with Crippen LogP contribution in [-0.2, 0) is 11.2 Å². The van der Waals surface area contributed by atoms with Crippen molar-refractivity contribution in [1.82, 2.24) is 0 Å². The fourth-order valence-electron chi connectivity index (χ4n) is 1.16. The van der Waals surface area contributed by atoms with Gasteiger partial charge >= 0.3 is 5.97 Å². The molecule has 0 radical (unpaired) electrons. The Morgan fingerprint density at radius 2 is 2.20 bits per heavy atom. The van der Waals surface area contributed by atoms with Crippen LogP contribution < -0.4 is 0 Å². The topological polar surface area (TPSA) is 57.5 Å². The van der Waals surface area contributed by atoms with Crippen LogP contribution in [0.15, 0.2) is 12.1 Å². The van der Waals surface area contributed by atoms with Crippen molar-refractivity contribution in [3.8, 4) is 5.75 Å². The first-order valence-corrected chi connectivity index (χ1v) is 4.69. The van der Waals surface area contributed by atoms with Crippen LogP contribution in [0.1, 0.15) is 12.5 Å². The van der Waals surface area contributed by atoms with E-state index in [-0.39, 0.29) is 22.8 Å². The van der Waals surface area contributed by atoms with Crippen molar-refractivity contribution in [2.75, 3.05) is 0 Å². The lowest BCUT2D eigenvalue weighted by atomic mass is 10.0. The van der Waals surface area contributed by atoms with E-state index in [1.54, 1.807) is 0 Å². The molecule has 0 saturated heterocycles. The number of carboxylic acid groups (broad SMARTS) is 1. The van der Waals surface area contributed by atoms with E-state index >= 15 is 0 Å². The zero-order chi connectivity index (χ0) is 11.6. The summed E-state index contributed by atoms with van der Waals surface area (Å²) >= 11 is 5.43. The molecule has 0 aromatic heterocycles. The molecular weight excluding hydrogens is 223 g/mol. The third kappa shape index (κ3) is 2.83. The molecule has 1 atom stereocenters. The third-order valence-electron chi connectivity index (χ3n) is 2.07. The summed E-state index contributed by atoms with van der Waals surface area (Å²) in [7, 11) is 0. The fraction of sp³-hybridized carbons (Fsp3) is 0.300. The summed E-state index contributed by atoms with van der Waals surface area (Å²) in [5.74, 6) is -2.53. The first kappa shape index (κ1) is 11.8. The van der Waals surface area contributed by atoms with Crippen molar-refractivity contribution in [2.24, 2.45) is 5.92 Å². The number of phenols is 1. The van der Waals surface area contributed by atoms with Crippen LogP contribution >= 0.6 is 11.6 Å². The summed E-state index contributed by atoms with van der Waals surface area (Å²) in [4.78, 5) is 10.6. The second kappa shape index (κ2) is 4.49. The number of aromatic hydroxyl groups is 1. The molecule has 0 fully saturated rings. The van der Waals surface area contributed by atoms with E-state index in [0.29, 0.717) is 0 Å². The van der Waals surface area contributed by atoms with E-state index in [9.17, 15) is 14.3 Å². The quantitative estimate of drug-likeness (QED) is 0.842. The van der Waals surface area contributed by atoms with Crippen molar-refractivity contribution in [1.29, 1.82) is 0 Å². The lowest BCUT2D eigenvalue weighted by Gasteiger charge is -2.08. The Morgan fingerprint density at radius 3 is 2.73 bits per heavy atom. The number of carbonyl (C=O) groups is 1. The van der Waals surface area contributed by atoms with Gasteiger partial charge in [0, 0.05) is 6.07 Å². The molecule has 0 amide bonds. The summed E-state index contributed by atoms with van der Waals surface area (Å²) in [6.45, 7) is 1.48. The van der Waals surface area contributed by atoms with Gasteiger partial charge in [0.05, 0.1) is 10.9 Å². The standard InChI is InChI=1S/C10H10ClFO3/c1-5(10(14)15)2-6-3-8(12)7(11)4-9(6)13/h3-5,13H,2H2,1H3,(H,14,15).